The second-order valence-electron chi connectivity index (χ2n) is 6.04. The monoisotopic (exact) mass is 428 g/mol. The Balaban J connectivity index is 1.83. The van der Waals surface area contributed by atoms with Gasteiger partial charge in [-0.15, -0.1) is 0 Å². The summed E-state index contributed by atoms with van der Waals surface area (Å²) in [5.74, 6) is 0.119. The quantitative estimate of drug-likeness (QED) is 0.785. The molecule has 2 aromatic carbocycles. The largest absolute Gasteiger partial charge is 0.497 e. The Kier molecular flexibility index (Phi) is 5.95. The van der Waals surface area contributed by atoms with Crippen LogP contribution < -0.4 is 10.1 Å². The van der Waals surface area contributed by atoms with Crippen LogP contribution in [-0.4, -0.2) is 38.3 Å². The molecule has 0 spiro atoms. The first-order chi connectivity index (χ1) is 12.8. The Bertz CT molecular complexity index is 948. The summed E-state index contributed by atoms with van der Waals surface area (Å²) >= 11 is 12.1. The first kappa shape index (κ1) is 19.9. The third-order valence-electron chi connectivity index (χ3n) is 4.38. The zero-order valence-electron chi connectivity index (χ0n) is 14.5. The Hall–Kier alpha value is -1.80. The number of amides is 1. The summed E-state index contributed by atoms with van der Waals surface area (Å²) in [4.78, 5) is 12.8. The molecule has 2 aromatic rings. The molecule has 27 heavy (non-hydrogen) atoms. The molecule has 3 rings (SSSR count). The molecule has 1 heterocycles. The van der Waals surface area contributed by atoms with Crippen molar-refractivity contribution in [1.82, 2.24) is 4.31 Å². The molecule has 144 valence electrons. The van der Waals surface area contributed by atoms with Gasteiger partial charge < -0.3 is 10.1 Å². The van der Waals surface area contributed by atoms with Crippen LogP contribution in [0.2, 0.25) is 10.0 Å². The molecule has 0 aliphatic carbocycles. The predicted molar refractivity (Wildman–Crippen MR) is 105 cm³/mol. The standard InChI is InChI=1S/C18H18Cl2N2O4S/c1-26-12-7-9-13(10-8-12)27(24,25)22-11-3-6-16(22)18(23)21-15-5-2-4-14(19)17(15)20/h2,4-5,7-10,16H,3,6,11H2,1H3,(H,21,23). The molecule has 1 saturated heterocycles. The van der Waals surface area contributed by atoms with Gasteiger partial charge in [0.15, 0.2) is 0 Å². The van der Waals surface area contributed by atoms with Gasteiger partial charge in [-0.2, -0.15) is 4.31 Å². The minimum atomic E-state index is -3.81. The van der Waals surface area contributed by atoms with Crippen molar-refractivity contribution < 1.29 is 17.9 Å². The van der Waals surface area contributed by atoms with Crippen LogP contribution in [0.15, 0.2) is 47.4 Å². The fraction of sp³-hybridized carbons (Fsp3) is 0.278. The second kappa shape index (κ2) is 8.06. The topological polar surface area (TPSA) is 75.7 Å². The van der Waals surface area contributed by atoms with Gasteiger partial charge in [0.05, 0.1) is 27.7 Å². The van der Waals surface area contributed by atoms with Gasteiger partial charge in [-0.05, 0) is 49.2 Å². The summed E-state index contributed by atoms with van der Waals surface area (Å²) in [6.07, 6.45) is 1.02. The van der Waals surface area contributed by atoms with Gasteiger partial charge in [0.2, 0.25) is 15.9 Å². The van der Waals surface area contributed by atoms with Crippen LogP contribution >= 0.6 is 23.2 Å². The maximum absolute atomic E-state index is 13.0. The number of hydrogen-bond donors (Lipinski definition) is 1. The van der Waals surface area contributed by atoms with Crippen molar-refractivity contribution in [2.45, 2.75) is 23.8 Å². The number of carbonyl (C=O) groups excluding carboxylic acids is 1. The van der Waals surface area contributed by atoms with E-state index < -0.39 is 22.0 Å². The molecule has 1 unspecified atom stereocenters. The number of hydrogen-bond acceptors (Lipinski definition) is 4. The highest BCUT2D eigenvalue weighted by atomic mass is 35.5. The van der Waals surface area contributed by atoms with Crippen LogP contribution in [0.1, 0.15) is 12.8 Å². The van der Waals surface area contributed by atoms with Gasteiger partial charge in [0, 0.05) is 6.54 Å². The zero-order chi connectivity index (χ0) is 19.6. The molecule has 6 nitrogen and oxygen atoms in total. The zero-order valence-corrected chi connectivity index (χ0v) is 16.8. The average molecular weight is 429 g/mol. The highest BCUT2D eigenvalue weighted by Crippen LogP contribution is 2.32. The van der Waals surface area contributed by atoms with Crippen molar-refractivity contribution in [2.75, 3.05) is 19.0 Å². The lowest BCUT2D eigenvalue weighted by Gasteiger charge is -2.23. The molecule has 9 heteroatoms. The molecule has 1 amide bonds. The third kappa shape index (κ3) is 4.06. The number of ether oxygens (including phenoxy) is 1. The summed E-state index contributed by atoms with van der Waals surface area (Å²) in [5, 5.41) is 3.21. The van der Waals surface area contributed by atoms with Crippen LogP contribution in [0.3, 0.4) is 0 Å². The Morgan fingerprint density at radius 2 is 1.89 bits per heavy atom. The lowest BCUT2D eigenvalue weighted by molar-refractivity contribution is -0.119. The number of rotatable bonds is 5. The van der Waals surface area contributed by atoms with E-state index >= 15 is 0 Å². The van der Waals surface area contributed by atoms with Crippen molar-refractivity contribution in [3.63, 3.8) is 0 Å². The molecule has 0 saturated carbocycles. The smallest absolute Gasteiger partial charge is 0.243 e. The van der Waals surface area contributed by atoms with E-state index in [1.807, 2.05) is 0 Å². The molecule has 1 aliphatic heterocycles. The maximum Gasteiger partial charge on any atom is 0.243 e. The lowest BCUT2D eigenvalue weighted by Crippen LogP contribution is -2.43. The highest BCUT2D eigenvalue weighted by molar-refractivity contribution is 7.89. The van der Waals surface area contributed by atoms with E-state index in [2.05, 4.69) is 5.32 Å². The number of nitrogens with one attached hydrogen (secondary N) is 1. The molecule has 1 fully saturated rings. The first-order valence-corrected chi connectivity index (χ1v) is 10.4. The summed E-state index contributed by atoms with van der Waals surface area (Å²) in [6.45, 7) is 0.274. The Labute approximate surface area is 168 Å². The van der Waals surface area contributed by atoms with E-state index in [4.69, 9.17) is 27.9 Å². The minimum absolute atomic E-state index is 0.115. The molecule has 1 aliphatic rings. The molecule has 1 atom stereocenters. The molecular weight excluding hydrogens is 411 g/mol. The second-order valence-corrected chi connectivity index (χ2v) is 8.72. The number of sulfonamides is 1. The third-order valence-corrected chi connectivity index (χ3v) is 7.12. The van der Waals surface area contributed by atoms with Crippen LogP contribution in [0.25, 0.3) is 0 Å². The lowest BCUT2D eigenvalue weighted by atomic mass is 10.2. The number of carbonyl (C=O) groups is 1. The van der Waals surface area contributed by atoms with Gasteiger partial charge >= 0.3 is 0 Å². The van der Waals surface area contributed by atoms with Gasteiger partial charge in [-0.3, -0.25) is 4.79 Å². The van der Waals surface area contributed by atoms with Crippen molar-refractivity contribution in [3.05, 3.63) is 52.5 Å². The van der Waals surface area contributed by atoms with E-state index in [-0.39, 0.29) is 16.5 Å². The summed E-state index contributed by atoms with van der Waals surface area (Å²) in [5.41, 5.74) is 0.350. The van der Waals surface area contributed by atoms with Crippen LogP contribution in [0.4, 0.5) is 5.69 Å². The molecule has 1 N–H and O–H groups in total. The van der Waals surface area contributed by atoms with Gasteiger partial charge in [-0.25, -0.2) is 8.42 Å². The van der Waals surface area contributed by atoms with Crippen molar-refractivity contribution in [1.29, 1.82) is 0 Å². The maximum atomic E-state index is 13.0. The fourth-order valence-corrected chi connectivity index (χ4v) is 4.99. The molecule has 0 bridgehead atoms. The summed E-state index contributed by atoms with van der Waals surface area (Å²) < 4.78 is 32.2. The van der Waals surface area contributed by atoms with Crippen LogP contribution in [0, 0.1) is 0 Å². The summed E-state index contributed by atoms with van der Waals surface area (Å²) in [6, 6.07) is 10.1. The van der Waals surface area contributed by atoms with Crippen molar-refractivity contribution in [3.8, 4) is 5.75 Å². The fourth-order valence-electron chi connectivity index (χ4n) is 2.99. The van der Waals surface area contributed by atoms with Gasteiger partial charge in [0.1, 0.15) is 11.8 Å². The van der Waals surface area contributed by atoms with Gasteiger partial charge in [-0.1, -0.05) is 29.3 Å². The number of methoxy groups -OCH3 is 1. The average Bonchev–Trinajstić information content (AvgIpc) is 3.16. The first-order valence-electron chi connectivity index (χ1n) is 8.25. The number of anilines is 1. The Morgan fingerprint density at radius 3 is 2.56 bits per heavy atom. The van der Waals surface area contributed by atoms with Crippen LogP contribution in [0.5, 0.6) is 5.75 Å². The molecule has 0 aromatic heterocycles. The summed E-state index contributed by atoms with van der Waals surface area (Å²) in [7, 11) is -2.31. The SMILES string of the molecule is COc1ccc(S(=O)(=O)N2CCCC2C(=O)Nc2cccc(Cl)c2Cl)cc1. The van der Waals surface area contributed by atoms with E-state index in [0.29, 0.717) is 29.3 Å². The van der Waals surface area contributed by atoms with Gasteiger partial charge in [0.25, 0.3) is 0 Å². The molecular formula is C18H18Cl2N2O4S. The minimum Gasteiger partial charge on any atom is -0.497 e. The number of benzene rings is 2. The highest BCUT2D eigenvalue weighted by Gasteiger charge is 2.39. The molecule has 0 radical (unpaired) electrons. The van der Waals surface area contributed by atoms with E-state index in [9.17, 15) is 13.2 Å². The predicted octanol–water partition coefficient (Wildman–Crippen LogP) is 3.79. The van der Waals surface area contributed by atoms with Crippen molar-refractivity contribution in [2.24, 2.45) is 0 Å². The normalized spacial score (nSPS) is 17.7. The van der Waals surface area contributed by atoms with Crippen LogP contribution in [-0.2, 0) is 14.8 Å². The Morgan fingerprint density at radius 1 is 1.19 bits per heavy atom. The van der Waals surface area contributed by atoms with E-state index in [1.54, 1.807) is 30.3 Å². The number of halogens is 2. The number of nitrogens with zero attached hydrogens (tertiary/aromatic N) is 1. The van der Waals surface area contributed by atoms with E-state index in [1.165, 1.54) is 23.5 Å². The van der Waals surface area contributed by atoms with E-state index in [0.717, 1.165) is 0 Å². The van der Waals surface area contributed by atoms with Crippen molar-refractivity contribution >= 4 is 44.8 Å².